The van der Waals surface area contributed by atoms with Gasteiger partial charge in [-0.1, -0.05) is 23.9 Å². The summed E-state index contributed by atoms with van der Waals surface area (Å²) in [7, 11) is 0. The molecule has 0 N–H and O–H groups in total. The van der Waals surface area contributed by atoms with E-state index in [-0.39, 0.29) is 0 Å². The minimum atomic E-state index is 0.502. The van der Waals surface area contributed by atoms with Crippen molar-refractivity contribution in [2.24, 2.45) is 0 Å². The van der Waals surface area contributed by atoms with Crippen LogP contribution in [0, 0.1) is 6.92 Å². The van der Waals surface area contributed by atoms with E-state index in [1.165, 1.54) is 11.8 Å². The maximum Gasteiger partial charge on any atom is 0.276 e. The number of benzene rings is 1. The second-order valence-corrected chi connectivity index (χ2v) is 3.46. The predicted octanol–water partition coefficient (Wildman–Crippen LogP) is 2.52. The van der Waals surface area contributed by atoms with Crippen molar-refractivity contribution in [2.75, 3.05) is 6.26 Å². The van der Waals surface area contributed by atoms with Crippen molar-refractivity contribution in [3.8, 4) is 11.5 Å². The Morgan fingerprint density at radius 2 is 2.21 bits per heavy atom. The molecular formula is C10H8N2OS. The molecule has 0 atom stereocenters. The van der Waals surface area contributed by atoms with Gasteiger partial charge in [-0.3, -0.25) is 0 Å². The molecule has 0 spiro atoms. The van der Waals surface area contributed by atoms with Crippen LogP contribution in [0.15, 0.2) is 33.9 Å². The molecule has 14 heavy (non-hydrogen) atoms. The maximum absolute atomic E-state index is 5.64. The van der Waals surface area contributed by atoms with Gasteiger partial charge < -0.3 is 4.42 Å². The molecule has 70 valence electrons. The van der Waals surface area contributed by atoms with Gasteiger partial charge in [-0.25, -0.2) is 0 Å². The summed E-state index contributed by atoms with van der Waals surface area (Å²) in [6.07, 6.45) is 1.89. The van der Waals surface area contributed by atoms with Crippen LogP contribution in [0.5, 0.6) is 0 Å². The highest BCUT2D eigenvalue weighted by Crippen LogP contribution is 2.21. The summed E-state index contributed by atoms with van der Waals surface area (Å²) in [5.41, 5.74) is 1.53. The van der Waals surface area contributed by atoms with Crippen molar-refractivity contribution in [3.05, 3.63) is 36.8 Å². The van der Waals surface area contributed by atoms with Crippen molar-refractivity contribution in [1.82, 2.24) is 10.2 Å². The van der Waals surface area contributed by atoms with Crippen LogP contribution in [0.1, 0.15) is 5.56 Å². The zero-order valence-corrected chi connectivity index (χ0v) is 8.41. The Balaban J connectivity index is 2.39. The van der Waals surface area contributed by atoms with Crippen LogP contribution in [0.2, 0.25) is 0 Å². The predicted molar refractivity (Wildman–Crippen MR) is 54.9 cm³/mol. The summed E-state index contributed by atoms with van der Waals surface area (Å²) in [6, 6.07) is 7.36. The lowest BCUT2D eigenvalue weighted by Gasteiger charge is -1.95. The molecule has 0 bridgehead atoms. The molecule has 0 aliphatic heterocycles. The standard InChI is InChI=1S/C10H8N2OS/c1-7-4-3-5-8(6-7)9-11-12-10(13-9)14-2/h1,3-6H,2H3. The average Bonchev–Trinajstić information content (AvgIpc) is 2.66. The van der Waals surface area contributed by atoms with Crippen LogP contribution in [-0.2, 0) is 0 Å². The summed E-state index contributed by atoms with van der Waals surface area (Å²) in [5.74, 6) is 0.502. The number of hydrogen-bond donors (Lipinski definition) is 0. The van der Waals surface area contributed by atoms with Gasteiger partial charge in [0.25, 0.3) is 5.22 Å². The fourth-order valence-electron chi connectivity index (χ4n) is 1.08. The zero-order valence-electron chi connectivity index (χ0n) is 7.60. The number of nitrogens with zero attached hydrogens (tertiary/aromatic N) is 2. The van der Waals surface area contributed by atoms with Gasteiger partial charge in [-0.15, -0.1) is 10.2 Å². The molecule has 4 heteroatoms. The summed E-state index contributed by atoms with van der Waals surface area (Å²) < 4.78 is 5.36. The summed E-state index contributed by atoms with van der Waals surface area (Å²) >= 11 is 1.42. The average molecular weight is 204 g/mol. The first-order chi connectivity index (χ1) is 6.79. The fourth-order valence-corrected chi connectivity index (χ4v) is 1.37. The lowest BCUT2D eigenvalue weighted by atomic mass is 10.1. The van der Waals surface area contributed by atoms with Crippen LogP contribution >= 0.6 is 11.8 Å². The molecule has 0 saturated carbocycles. The molecule has 0 fully saturated rings. The first-order valence-corrected chi connectivity index (χ1v) is 5.25. The molecule has 0 amide bonds. The van der Waals surface area contributed by atoms with E-state index in [0.717, 1.165) is 5.56 Å². The molecule has 2 radical (unpaired) electrons. The van der Waals surface area contributed by atoms with E-state index in [4.69, 9.17) is 11.3 Å². The summed E-state index contributed by atoms with van der Waals surface area (Å²) in [5, 5.41) is 8.31. The van der Waals surface area contributed by atoms with Crippen LogP contribution in [0.4, 0.5) is 0 Å². The van der Waals surface area contributed by atoms with Crippen LogP contribution < -0.4 is 0 Å². The van der Waals surface area contributed by atoms with Gasteiger partial charge in [0.05, 0.1) is 0 Å². The second kappa shape index (κ2) is 3.84. The fraction of sp³-hybridized carbons (Fsp3) is 0.100. The number of rotatable bonds is 2. The maximum atomic E-state index is 5.64. The lowest BCUT2D eigenvalue weighted by Crippen LogP contribution is -1.78. The number of aromatic nitrogens is 2. The molecular weight excluding hydrogens is 196 g/mol. The van der Waals surface area contributed by atoms with E-state index in [1.807, 2.05) is 24.5 Å². The molecule has 0 unspecified atom stereocenters. The molecule has 0 aliphatic rings. The van der Waals surface area contributed by atoms with Gasteiger partial charge in [0.2, 0.25) is 5.89 Å². The lowest BCUT2D eigenvalue weighted by molar-refractivity contribution is 0.466. The summed E-state index contributed by atoms with van der Waals surface area (Å²) in [4.78, 5) is 0. The van der Waals surface area contributed by atoms with Crippen LogP contribution in [0.25, 0.3) is 11.5 Å². The van der Waals surface area contributed by atoms with Crippen molar-refractivity contribution in [3.63, 3.8) is 0 Å². The quantitative estimate of drug-likeness (QED) is 0.704. The van der Waals surface area contributed by atoms with Gasteiger partial charge in [0.1, 0.15) is 0 Å². The normalized spacial score (nSPS) is 10.4. The van der Waals surface area contributed by atoms with Gasteiger partial charge in [-0.05, 0) is 30.9 Å². The molecule has 2 rings (SSSR count). The van der Waals surface area contributed by atoms with E-state index in [2.05, 4.69) is 10.2 Å². The van der Waals surface area contributed by atoms with E-state index < -0.39 is 0 Å². The Bertz CT molecular complexity index is 439. The molecule has 1 heterocycles. The Morgan fingerprint density at radius 1 is 1.36 bits per heavy atom. The Morgan fingerprint density at radius 3 is 2.86 bits per heavy atom. The molecule has 2 aromatic rings. The highest BCUT2D eigenvalue weighted by molar-refractivity contribution is 7.98. The number of thioether (sulfide) groups is 1. The molecule has 0 aliphatic carbocycles. The zero-order chi connectivity index (χ0) is 9.97. The third-order valence-corrected chi connectivity index (χ3v) is 2.23. The van der Waals surface area contributed by atoms with Gasteiger partial charge >= 0.3 is 0 Å². The molecule has 1 aromatic heterocycles. The molecule has 3 nitrogen and oxygen atoms in total. The second-order valence-electron chi connectivity index (χ2n) is 2.70. The van der Waals surface area contributed by atoms with Gasteiger partial charge in [-0.2, -0.15) is 0 Å². The monoisotopic (exact) mass is 204 g/mol. The number of hydrogen-bond acceptors (Lipinski definition) is 4. The van der Waals surface area contributed by atoms with Crippen LogP contribution in [0.3, 0.4) is 0 Å². The van der Waals surface area contributed by atoms with Gasteiger partial charge in [0, 0.05) is 5.56 Å². The third kappa shape index (κ3) is 1.80. The van der Waals surface area contributed by atoms with Crippen molar-refractivity contribution < 1.29 is 4.42 Å². The van der Waals surface area contributed by atoms with Crippen molar-refractivity contribution in [2.45, 2.75) is 5.22 Å². The summed E-state index contributed by atoms with van der Waals surface area (Å²) in [6.45, 7) is 5.64. The third-order valence-electron chi connectivity index (χ3n) is 1.71. The van der Waals surface area contributed by atoms with E-state index in [9.17, 15) is 0 Å². The van der Waals surface area contributed by atoms with E-state index >= 15 is 0 Å². The molecule has 1 aromatic carbocycles. The largest absolute Gasteiger partial charge is 0.411 e. The molecule has 0 saturated heterocycles. The van der Waals surface area contributed by atoms with Crippen molar-refractivity contribution >= 4 is 11.8 Å². The minimum Gasteiger partial charge on any atom is -0.411 e. The van der Waals surface area contributed by atoms with E-state index in [1.54, 1.807) is 6.07 Å². The topological polar surface area (TPSA) is 38.9 Å². The Labute approximate surface area is 86.5 Å². The first-order valence-electron chi connectivity index (χ1n) is 4.03. The minimum absolute atomic E-state index is 0.502. The van der Waals surface area contributed by atoms with Crippen LogP contribution in [-0.4, -0.2) is 16.5 Å². The smallest absolute Gasteiger partial charge is 0.276 e. The van der Waals surface area contributed by atoms with Crippen molar-refractivity contribution in [1.29, 1.82) is 0 Å². The first kappa shape index (κ1) is 9.27. The van der Waals surface area contributed by atoms with Gasteiger partial charge in [0.15, 0.2) is 0 Å². The SMILES string of the molecule is [CH]c1cccc(-c2nnc(SC)o2)c1. The Kier molecular flexibility index (Phi) is 2.54. The Hall–Kier alpha value is -1.29. The highest BCUT2D eigenvalue weighted by Gasteiger charge is 2.06. The highest BCUT2D eigenvalue weighted by atomic mass is 32.2. The van der Waals surface area contributed by atoms with E-state index in [0.29, 0.717) is 16.7 Å².